The third-order valence-electron chi connectivity index (χ3n) is 4.89. The van der Waals surface area contributed by atoms with Gasteiger partial charge in [-0.15, -0.1) is 0 Å². The van der Waals surface area contributed by atoms with Gasteiger partial charge in [-0.25, -0.2) is 0 Å². The zero-order valence-electron chi connectivity index (χ0n) is 13.7. The Morgan fingerprint density at radius 2 is 2.10 bits per heavy atom. The highest BCUT2D eigenvalue weighted by Gasteiger charge is 2.35. The summed E-state index contributed by atoms with van der Waals surface area (Å²) in [6, 6.07) is 2.91. The molecule has 2 unspecified atom stereocenters. The predicted octanol–water partition coefficient (Wildman–Crippen LogP) is 3.33. The fourth-order valence-corrected chi connectivity index (χ4v) is 3.77. The average Bonchev–Trinajstić information content (AvgIpc) is 3.04. The third kappa shape index (κ3) is 3.86. The summed E-state index contributed by atoms with van der Waals surface area (Å²) in [6.07, 6.45) is 7.00. The summed E-state index contributed by atoms with van der Waals surface area (Å²) >= 11 is 0. The highest BCUT2D eigenvalue weighted by atomic mass is 16.5. The summed E-state index contributed by atoms with van der Waals surface area (Å²) in [6.45, 7) is 9.44. The minimum atomic E-state index is 0.114. The Balaban J connectivity index is 1.55. The van der Waals surface area contributed by atoms with E-state index in [0.717, 1.165) is 36.5 Å². The van der Waals surface area contributed by atoms with Crippen LogP contribution in [0.3, 0.4) is 0 Å². The zero-order valence-corrected chi connectivity index (χ0v) is 13.7. The van der Waals surface area contributed by atoms with Gasteiger partial charge in [0.15, 0.2) is 5.76 Å². The maximum atomic E-state index is 5.54. The molecule has 0 aromatic carbocycles. The van der Waals surface area contributed by atoms with Gasteiger partial charge in [0.1, 0.15) is 0 Å². The van der Waals surface area contributed by atoms with Crippen molar-refractivity contribution < 1.29 is 4.52 Å². The van der Waals surface area contributed by atoms with Crippen LogP contribution in [-0.4, -0.2) is 28.2 Å². The van der Waals surface area contributed by atoms with Crippen molar-refractivity contribution in [3.05, 3.63) is 17.5 Å². The Morgan fingerprint density at radius 1 is 1.29 bits per heavy atom. The van der Waals surface area contributed by atoms with Crippen molar-refractivity contribution in [3.63, 3.8) is 0 Å². The minimum absolute atomic E-state index is 0.114. The molecule has 2 heterocycles. The fourth-order valence-electron chi connectivity index (χ4n) is 3.77. The van der Waals surface area contributed by atoms with Crippen LogP contribution in [0.5, 0.6) is 0 Å². The molecule has 0 radical (unpaired) electrons. The molecule has 1 saturated heterocycles. The van der Waals surface area contributed by atoms with E-state index < -0.39 is 0 Å². The molecule has 0 spiro atoms. The monoisotopic (exact) mass is 291 g/mol. The first-order valence-electron chi connectivity index (χ1n) is 8.45. The maximum absolute atomic E-state index is 5.54. The molecule has 1 aromatic rings. The summed E-state index contributed by atoms with van der Waals surface area (Å²) in [5, 5.41) is 7.66. The highest BCUT2D eigenvalue weighted by Crippen LogP contribution is 2.36. The van der Waals surface area contributed by atoms with Crippen LogP contribution in [0, 0.1) is 5.92 Å². The predicted molar refractivity (Wildman–Crippen MR) is 83.9 cm³/mol. The van der Waals surface area contributed by atoms with Crippen LogP contribution >= 0.6 is 0 Å². The lowest BCUT2D eigenvalue weighted by molar-refractivity contribution is 0.161. The molecule has 4 nitrogen and oxygen atoms in total. The summed E-state index contributed by atoms with van der Waals surface area (Å²) in [7, 11) is 0. The van der Waals surface area contributed by atoms with Crippen molar-refractivity contribution in [1.82, 2.24) is 15.4 Å². The highest BCUT2D eigenvalue weighted by molar-refractivity contribution is 5.06. The number of aromatic nitrogens is 1. The van der Waals surface area contributed by atoms with Gasteiger partial charge in [0.2, 0.25) is 0 Å². The quantitative estimate of drug-likeness (QED) is 0.924. The molecule has 4 heteroatoms. The summed E-state index contributed by atoms with van der Waals surface area (Å²) in [5.74, 6) is 1.95. The minimum Gasteiger partial charge on any atom is -0.360 e. The number of likely N-dealkylation sites (tertiary alicyclic amines) is 1. The average molecular weight is 291 g/mol. The van der Waals surface area contributed by atoms with Crippen molar-refractivity contribution in [1.29, 1.82) is 0 Å². The molecule has 21 heavy (non-hydrogen) atoms. The topological polar surface area (TPSA) is 41.3 Å². The maximum Gasteiger partial charge on any atom is 0.151 e. The van der Waals surface area contributed by atoms with Crippen LogP contribution in [-0.2, 0) is 13.1 Å². The van der Waals surface area contributed by atoms with Gasteiger partial charge >= 0.3 is 0 Å². The summed E-state index contributed by atoms with van der Waals surface area (Å²) in [4.78, 5) is 2.62. The van der Waals surface area contributed by atoms with E-state index in [-0.39, 0.29) is 5.54 Å². The smallest absolute Gasteiger partial charge is 0.151 e. The molecule has 3 rings (SSSR count). The number of nitrogens with zero attached hydrogens (tertiary/aromatic N) is 2. The van der Waals surface area contributed by atoms with Crippen LogP contribution < -0.4 is 5.32 Å². The lowest BCUT2D eigenvalue weighted by Gasteiger charge is -2.31. The standard InChI is InChI=1S/C17H29N3O/c1-17(2,3)18-11-14-10-15(21-19-14)12-20-9-8-13-6-4-5-7-16(13)20/h10,13,16,18H,4-9,11-12H2,1-3H3. The van der Waals surface area contributed by atoms with E-state index in [0.29, 0.717) is 0 Å². The van der Waals surface area contributed by atoms with Crippen molar-refractivity contribution in [2.24, 2.45) is 5.92 Å². The number of hydrogen-bond donors (Lipinski definition) is 1. The van der Waals surface area contributed by atoms with E-state index in [1.807, 2.05) is 0 Å². The lowest BCUT2D eigenvalue weighted by atomic mass is 9.85. The fraction of sp³-hybridized carbons (Fsp3) is 0.824. The molecule has 2 fully saturated rings. The molecule has 1 aromatic heterocycles. The SMILES string of the molecule is CC(C)(C)NCc1cc(CN2CCC3CCCCC32)on1. The van der Waals surface area contributed by atoms with Gasteiger partial charge in [-0.05, 0) is 52.5 Å². The van der Waals surface area contributed by atoms with Gasteiger partial charge in [-0.3, -0.25) is 4.90 Å². The van der Waals surface area contributed by atoms with E-state index in [1.165, 1.54) is 38.6 Å². The second-order valence-corrected chi connectivity index (χ2v) is 7.76. The number of fused-ring (bicyclic) bond motifs is 1. The second-order valence-electron chi connectivity index (χ2n) is 7.76. The molecule has 1 aliphatic carbocycles. The Bertz CT molecular complexity index is 463. The van der Waals surface area contributed by atoms with Crippen molar-refractivity contribution in [2.75, 3.05) is 6.54 Å². The molecule has 0 bridgehead atoms. The third-order valence-corrected chi connectivity index (χ3v) is 4.89. The number of rotatable bonds is 4. The van der Waals surface area contributed by atoms with Crippen molar-refractivity contribution >= 4 is 0 Å². The number of hydrogen-bond acceptors (Lipinski definition) is 4. The first-order chi connectivity index (χ1) is 10.0. The van der Waals surface area contributed by atoms with Crippen molar-refractivity contribution in [2.45, 2.75) is 77.5 Å². The van der Waals surface area contributed by atoms with Crippen LogP contribution in [0.1, 0.15) is 64.3 Å². The molecule has 1 saturated carbocycles. The van der Waals surface area contributed by atoms with E-state index in [1.54, 1.807) is 0 Å². The van der Waals surface area contributed by atoms with Crippen LogP contribution in [0.15, 0.2) is 10.6 Å². The molecule has 1 N–H and O–H groups in total. The molecule has 1 aliphatic heterocycles. The van der Waals surface area contributed by atoms with Gasteiger partial charge in [-0.1, -0.05) is 18.0 Å². The number of nitrogens with one attached hydrogen (secondary N) is 1. The Hall–Kier alpha value is -0.870. The van der Waals surface area contributed by atoms with Gasteiger partial charge in [0.05, 0.1) is 12.2 Å². The molecule has 2 atom stereocenters. The molecule has 118 valence electrons. The largest absolute Gasteiger partial charge is 0.360 e. The Kier molecular flexibility index (Phi) is 4.36. The lowest BCUT2D eigenvalue weighted by Crippen LogP contribution is -2.35. The second kappa shape index (κ2) is 6.09. The summed E-state index contributed by atoms with van der Waals surface area (Å²) in [5.41, 5.74) is 1.13. The molecule has 0 amide bonds. The van der Waals surface area contributed by atoms with Crippen LogP contribution in [0.4, 0.5) is 0 Å². The zero-order chi connectivity index (χ0) is 14.9. The van der Waals surface area contributed by atoms with Crippen molar-refractivity contribution in [3.8, 4) is 0 Å². The normalized spacial score (nSPS) is 27.0. The molecular formula is C17H29N3O. The van der Waals surface area contributed by atoms with Gasteiger partial charge in [0.25, 0.3) is 0 Å². The van der Waals surface area contributed by atoms with Gasteiger partial charge in [0, 0.05) is 24.2 Å². The van der Waals surface area contributed by atoms with Gasteiger partial charge in [-0.2, -0.15) is 0 Å². The van der Waals surface area contributed by atoms with Crippen LogP contribution in [0.25, 0.3) is 0 Å². The summed E-state index contributed by atoms with van der Waals surface area (Å²) < 4.78 is 5.54. The van der Waals surface area contributed by atoms with E-state index >= 15 is 0 Å². The first-order valence-corrected chi connectivity index (χ1v) is 8.45. The van der Waals surface area contributed by atoms with E-state index in [9.17, 15) is 0 Å². The Labute approximate surface area is 128 Å². The Morgan fingerprint density at radius 3 is 2.90 bits per heavy atom. The van der Waals surface area contributed by atoms with Crippen LogP contribution in [0.2, 0.25) is 0 Å². The molecular weight excluding hydrogens is 262 g/mol. The van der Waals surface area contributed by atoms with Gasteiger partial charge < -0.3 is 9.84 Å². The first kappa shape index (κ1) is 15.0. The van der Waals surface area contributed by atoms with E-state index in [4.69, 9.17) is 4.52 Å². The molecule has 2 aliphatic rings. The van der Waals surface area contributed by atoms with E-state index in [2.05, 4.69) is 42.2 Å².